The molecule has 14 heavy (non-hydrogen) atoms. The first-order valence-corrected chi connectivity index (χ1v) is 5.52. The van der Waals surface area contributed by atoms with Crippen molar-refractivity contribution in [1.82, 2.24) is 4.98 Å². The molecule has 1 aliphatic heterocycles. The van der Waals surface area contributed by atoms with Gasteiger partial charge in [-0.15, -0.1) is 0 Å². The van der Waals surface area contributed by atoms with E-state index in [1.165, 1.54) is 11.3 Å². The minimum absolute atomic E-state index is 0.0441. The second kappa shape index (κ2) is 3.84. The Morgan fingerprint density at radius 1 is 1.71 bits per heavy atom. The summed E-state index contributed by atoms with van der Waals surface area (Å²) in [5.41, 5.74) is 0. The Hall–Kier alpha value is -0.650. The van der Waals surface area contributed by atoms with E-state index in [2.05, 4.69) is 16.8 Å². The van der Waals surface area contributed by atoms with E-state index in [4.69, 9.17) is 5.11 Å². The lowest BCUT2D eigenvalue weighted by Gasteiger charge is -2.19. The minimum atomic E-state index is -0.244. The molecule has 78 valence electrons. The summed E-state index contributed by atoms with van der Waals surface area (Å²) in [5, 5.41) is 19.3. The number of anilines is 1. The monoisotopic (exact) mass is 214 g/mol. The molecule has 0 spiro atoms. The van der Waals surface area contributed by atoms with Gasteiger partial charge in [0.05, 0.1) is 17.6 Å². The van der Waals surface area contributed by atoms with E-state index in [1.54, 1.807) is 6.20 Å². The first-order valence-electron chi connectivity index (χ1n) is 4.71. The van der Waals surface area contributed by atoms with Crippen LogP contribution in [0.1, 0.15) is 18.2 Å². The smallest absolute Gasteiger partial charge is 0.185 e. The third-order valence-electron chi connectivity index (χ3n) is 2.50. The second-order valence-corrected chi connectivity index (χ2v) is 4.75. The fourth-order valence-electron chi connectivity index (χ4n) is 1.77. The van der Waals surface area contributed by atoms with E-state index >= 15 is 0 Å². The number of nitrogens with zero attached hydrogens (tertiary/aromatic N) is 2. The van der Waals surface area contributed by atoms with Crippen molar-refractivity contribution in [3.05, 3.63) is 11.1 Å². The maximum absolute atomic E-state index is 9.48. The van der Waals surface area contributed by atoms with Crippen molar-refractivity contribution in [3.8, 4) is 0 Å². The second-order valence-electron chi connectivity index (χ2n) is 3.66. The average molecular weight is 214 g/mol. The molecule has 0 radical (unpaired) electrons. The van der Waals surface area contributed by atoms with Crippen LogP contribution in [-0.2, 0) is 6.61 Å². The van der Waals surface area contributed by atoms with Crippen LogP contribution in [0, 0.1) is 0 Å². The first kappa shape index (κ1) is 9.89. The lowest BCUT2D eigenvalue weighted by Crippen LogP contribution is -2.26. The highest BCUT2D eigenvalue weighted by Gasteiger charge is 2.29. The Morgan fingerprint density at radius 2 is 2.50 bits per heavy atom. The van der Waals surface area contributed by atoms with E-state index in [0.29, 0.717) is 12.6 Å². The number of β-amino-alcohol motifs (C(OH)–C–C–N with tert-alkyl or cyclic N) is 1. The van der Waals surface area contributed by atoms with Gasteiger partial charge in [-0.05, 0) is 13.3 Å². The molecule has 0 aliphatic carbocycles. The lowest BCUT2D eigenvalue weighted by atomic mass is 10.2. The SMILES string of the molecule is CC1CC(O)CN1c1ncc(CO)s1. The van der Waals surface area contributed by atoms with Crippen LogP contribution in [-0.4, -0.2) is 33.9 Å². The topological polar surface area (TPSA) is 56.6 Å². The number of rotatable bonds is 2. The van der Waals surface area contributed by atoms with Crippen LogP contribution in [0.5, 0.6) is 0 Å². The van der Waals surface area contributed by atoms with Crippen LogP contribution in [0.2, 0.25) is 0 Å². The zero-order valence-corrected chi connectivity index (χ0v) is 8.87. The van der Waals surface area contributed by atoms with Gasteiger partial charge in [0.15, 0.2) is 5.13 Å². The van der Waals surface area contributed by atoms with Gasteiger partial charge in [-0.2, -0.15) is 0 Å². The molecule has 0 saturated carbocycles. The van der Waals surface area contributed by atoms with Crippen LogP contribution >= 0.6 is 11.3 Å². The highest BCUT2D eigenvalue weighted by atomic mass is 32.1. The summed E-state index contributed by atoms with van der Waals surface area (Å²) in [6.07, 6.45) is 2.25. The summed E-state index contributed by atoms with van der Waals surface area (Å²) >= 11 is 1.49. The molecule has 0 aromatic carbocycles. The van der Waals surface area contributed by atoms with Gasteiger partial charge in [-0.3, -0.25) is 0 Å². The predicted octanol–water partition coefficient (Wildman–Crippen LogP) is 0.595. The molecule has 2 N–H and O–H groups in total. The number of thiazole rings is 1. The van der Waals surface area contributed by atoms with Gasteiger partial charge in [0, 0.05) is 18.8 Å². The van der Waals surface area contributed by atoms with E-state index in [1.807, 2.05) is 0 Å². The molecule has 1 aromatic rings. The van der Waals surface area contributed by atoms with Gasteiger partial charge >= 0.3 is 0 Å². The van der Waals surface area contributed by atoms with Gasteiger partial charge in [0.1, 0.15) is 0 Å². The Bertz CT molecular complexity index is 316. The molecule has 2 rings (SSSR count). The molecular formula is C9H14N2O2S. The van der Waals surface area contributed by atoms with Gasteiger partial charge in [0.2, 0.25) is 0 Å². The molecular weight excluding hydrogens is 200 g/mol. The summed E-state index contributed by atoms with van der Waals surface area (Å²) in [6, 6.07) is 0.336. The van der Waals surface area contributed by atoms with Crippen molar-refractivity contribution in [2.45, 2.75) is 32.1 Å². The van der Waals surface area contributed by atoms with Crippen LogP contribution in [0.15, 0.2) is 6.20 Å². The Balaban J connectivity index is 2.14. The molecule has 4 nitrogen and oxygen atoms in total. The van der Waals surface area contributed by atoms with Crippen molar-refractivity contribution < 1.29 is 10.2 Å². The van der Waals surface area contributed by atoms with Crippen molar-refractivity contribution in [1.29, 1.82) is 0 Å². The van der Waals surface area contributed by atoms with Crippen molar-refractivity contribution in [2.24, 2.45) is 0 Å². The standard InChI is InChI=1S/C9H14N2O2S/c1-6-2-7(13)4-11(6)9-10-3-8(5-12)14-9/h3,6-7,12-13H,2,4-5H2,1H3. The van der Waals surface area contributed by atoms with Crippen LogP contribution < -0.4 is 4.90 Å². The Labute approximate surface area is 86.8 Å². The average Bonchev–Trinajstić information content (AvgIpc) is 2.71. The minimum Gasteiger partial charge on any atom is -0.391 e. The fraction of sp³-hybridized carbons (Fsp3) is 0.667. The zero-order valence-electron chi connectivity index (χ0n) is 8.05. The highest BCUT2D eigenvalue weighted by molar-refractivity contribution is 7.15. The molecule has 5 heteroatoms. The maximum atomic E-state index is 9.48. The van der Waals surface area contributed by atoms with Crippen LogP contribution in [0.25, 0.3) is 0 Å². The summed E-state index contributed by atoms with van der Waals surface area (Å²) < 4.78 is 0. The summed E-state index contributed by atoms with van der Waals surface area (Å²) in [5.74, 6) is 0. The summed E-state index contributed by atoms with van der Waals surface area (Å²) in [6.45, 7) is 2.78. The van der Waals surface area contributed by atoms with Gasteiger partial charge in [-0.1, -0.05) is 11.3 Å². The van der Waals surface area contributed by atoms with Gasteiger partial charge in [-0.25, -0.2) is 4.98 Å². The number of hydrogen-bond acceptors (Lipinski definition) is 5. The zero-order chi connectivity index (χ0) is 10.1. The quantitative estimate of drug-likeness (QED) is 0.756. The van der Waals surface area contributed by atoms with Crippen LogP contribution in [0.4, 0.5) is 5.13 Å². The number of hydrogen-bond donors (Lipinski definition) is 2. The van der Waals surface area contributed by atoms with E-state index < -0.39 is 0 Å². The molecule has 2 unspecified atom stereocenters. The third-order valence-corrected chi connectivity index (χ3v) is 3.51. The summed E-state index contributed by atoms with van der Waals surface area (Å²) in [7, 11) is 0. The fourth-order valence-corrected chi connectivity index (χ4v) is 2.65. The number of aliphatic hydroxyl groups is 2. The predicted molar refractivity (Wildman–Crippen MR) is 55.5 cm³/mol. The number of aromatic nitrogens is 1. The third kappa shape index (κ3) is 1.75. The molecule has 1 aliphatic rings. The van der Waals surface area contributed by atoms with Crippen molar-refractivity contribution >= 4 is 16.5 Å². The molecule has 1 fully saturated rings. The van der Waals surface area contributed by atoms with Crippen molar-refractivity contribution in [2.75, 3.05) is 11.4 Å². The first-order chi connectivity index (χ1) is 6.70. The van der Waals surface area contributed by atoms with Gasteiger partial charge < -0.3 is 15.1 Å². The van der Waals surface area contributed by atoms with E-state index in [0.717, 1.165) is 16.4 Å². The van der Waals surface area contributed by atoms with E-state index in [-0.39, 0.29) is 12.7 Å². The molecule has 0 amide bonds. The number of aliphatic hydroxyl groups excluding tert-OH is 2. The molecule has 1 aromatic heterocycles. The Morgan fingerprint density at radius 3 is 3.00 bits per heavy atom. The van der Waals surface area contributed by atoms with Crippen molar-refractivity contribution in [3.63, 3.8) is 0 Å². The highest BCUT2D eigenvalue weighted by Crippen LogP contribution is 2.29. The normalized spacial score (nSPS) is 27.2. The maximum Gasteiger partial charge on any atom is 0.185 e. The molecule has 1 saturated heterocycles. The van der Waals surface area contributed by atoms with Crippen LogP contribution in [0.3, 0.4) is 0 Å². The van der Waals surface area contributed by atoms with E-state index in [9.17, 15) is 5.11 Å². The Kier molecular flexibility index (Phi) is 2.71. The molecule has 2 heterocycles. The largest absolute Gasteiger partial charge is 0.391 e. The molecule has 2 atom stereocenters. The van der Waals surface area contributed by atoms with Gasteiger partial charge in [0.25, 0.3) is 0 Å². The molecule has 0 bridgehead atoms. The lowest BCUT2D eigenvalue weighted by molar-refractivity contribution is 0.195. The summed E-state index contributed by atoms with van der Waals surface area (Å²) in [4.78, 5) is 7.19.